The monoisotopic (exact) mass is 502 g/mol. The van der Waals surface area contributed by atoms with Crippen LogP contribution in [0.2, 0.25) is 5.02 Å². The first-order chi connectivity index (χ1) is 15.9. The minimum atomic E-state index is -0.205. The first-order valence-electron chi connectivity index (χ1n) is 10.2. The minimum absolute atomic E-state index is 0.125. The molecule has 4 rings (SSSR count). The fraction of sp³-hybridized carbons (Fsp3) is 0.261. The summed E-state index contributed by atoms with van der Waals surface area (Å²) in [5.74, 6) is 1.66. The molecule has 0 saturated heterocycles. The fourth-order valence-electron chi connectivity index (χ4n) is 3.45. The molecule has 0 radical (unpaired) electrons. The van der Waals surface area contributed by atoms with Crippen molar-refractivity contribution in [2.24, 2.45) is 0 Å². The molecular weight excluding hydrogens is 480 g/mol. The van der Waals surface area contributed by atoms with Crippen molar-refractivity contribution in [3.63, 3.8) is 0 Å². The molecule has 2 heterocycles. The normalized spacial score (nSPS) is 11.2. The number of fused-ring (bicyclic) bond motifs is 1. The topological polar surface area (TPSA) is 78.3 Å². The maximum absolute atomic E-state index is 12.7. The van der Waals surface area contributed by atoms with Crippen molar-refractivity contribution in [1.29, 1.82) is 0 Å². The minimum Gasteiger partial charge on any atom is -0.495 e. The number of carbonyl (C=O) groups is 1. The second-order valence-corrected chi connectivity index (χ2v) is 9.70. The summed E-state index contributed by atoms with van der Waals surface area (Å²) in [4.78, 5) is 12.7. The molecule has 0 saturated carbocycles. The zero-order valence-corrected chi connectivity index (χ0v) is 21.0. The van der Waals surface area contributed by atoms with Gasteiger partial charge in [-0.25, -0.2) is 0 Å². The van der Waals surface area contributed by atoms with Gasteiger partial charge in [0, 0.05) is 39.2 Å². The predicted molar refractivity (Wildman–Crippen MR) is 135 cm³/mol. The third-order valence-electron chi connectivity index (χ3n) is 4.98. The number of halogens is 1. The van der Waals surface area contributed by atoms with E-state index in [0.29, 0.717) is 27.4 Å². The average Bonchev–Trinajstić information content (AvgIpc) is 3.42. The SMILES string of the molecule is COc1cc(NC(=O)CSc2nnc(-c3csc4ccccc34)n2C(C)C)c(OC)cc1Cl. The number of anilines is 1. The van der Waals surface area contributed by atoms with Gasteiger partial charge in [0.15, 0.2) is 11.0 Å². The summed E-state index contributed by atoms with van der Waals surface area (Å²) in [7, 11) is 3.03. The number of rotatable bonds is 8. The molecule has 33 heavy (non-hydrogen) atoms. The third kappa shape index (κ3) is 4.80. The van der Waals surface area contributed by atoms with Gasteiger partial charge in [-0.2, -0.15) is 0 Å². The molecule has 0 bridgehead atoms. The first kappa shape index (κ1) is 23.4. The van der Waals surface area contributed by atoms with E-state index in [4.69, 9.17) is 21.1 Å². The molecule has 1 N–H and O–H groups in total. The van der Waals surface area contributed by atoms with E-state index in [2.05, 4.69) is 51.4 Å². The summed E-state index contributed by atoms with van der Waals surface area (Å²) in [5.41, 5.74) is 1.53. The average molecular weight is 503 g/mol. The molecule has 1 amide bonds. The van der Waals surface area contributed by atoms with Crippen molar-refractivity contribution in [1.82, 2.24) is 14.8 Å². The number of hydrogen-bond acceptors (Lipinski definition) is 7. The van der Waals surface area contributed by atoms with Gasteiger partial charge >= 0.3 is 0 Å². The Morgan fingerprint density at radius 2 is 1.94 bits per heavy atom. The summed E-state index contributed by atoms with van der Waals surface area (Å²) in [6.45, 7) is 4.16. The molecule has 0 aliphatic carbocycles. The Balaban J connectivity index is 1.54. The van der Waals surface area contributed by atoms with Crippen molar-refractivity contribution in [2.75, 3.05) is 25.3 Å². The van der Waals surface area contributed by atoms with Crippen LogP contribution in [0.25, 0.3) is 21.5 Å². The summed E-state index contributed by atoms with van der Waals surface area (Å²) in [6.07, 6.45) is 0. The van der Waals surface area contributed by atoms with E-state index in [0.717, 1.165) is 16.8 Å². The molecule has 2 aromatic heterocycles. The van der Waals surface area contributed by atoms with Crippen molar-refractivity contribution in [2.45, 2.75) is 25.0 Å². The second-order valence-electron chi connectivity index (χ2n) is 7.44. The van der Waals surface area contributed by atoms with E-state index >= 15 is 0 Å². The number of amides is 1. The van der Waals surface area contributed by atoms with Gasteiger partial charge in [-0.15, -0.1) is 21.5 Å². The zero-order valence-electron chi connectivity index (χ0n) is 18.6. The molecule has 0 aliphatic rings. The quantitative estimate of drug-likeness (QED) is 0.291. The molecule has 0 fully saturated rings. The van der Waals surface area contributed by atoms with E-state index < -0.39 is 0 Å². The Hall–Kier alpha value is -2.75. The van der Waals surface area contributed by atoms with Crippen LogP contribution < -0.4 is 14.8 Å². The highest BCUT2D eigenvalue weighted by molar-refractivity contribution is 7.99. The van der Waals surface area contributed by atoms with Crippen LogP contribution in [0.3, 0.4) is 0 Å². The van der Waals surface area contributed by atoms with E-state index in [1.54, 1.807) is 23.5 Å². The highest BCUT2D eigenvalue weighted by Gasteiger charge is 2.20. The lowest BCUT2D eigenvalue weighted by Crippen LogP contribution is -2.15. The van der Waals surface area contributed by atoms with Crippen molar-refractivity contribution in [3.05, 3.63) is 46.8 Å². The van der Waals surface area contributed by atoms with Crippen molar-refractivity contribution in [3.8, 4) is 22.9 Å². The van der Waals surface area contributed by atoms with Gasteiger partial charge in [-0.3, -0.25) is 9.36 Å². The first-order valence-corrected chi connectivity index (χ1v) is 12.4. The molecule has 0 aliphatic heterocycles. The number of methoxy groups -OCH3 is 2. The Morgan fingerprint density at radius 1 is 1.18 bits per heavy atom. The number of thiophene rings is 1. The standard InChI is InChI=1S/C23H23ClN4O3S2/c1-13(2)28-22(15-11-32-20-8-6-5-7-14(15)20)26-27-23(28)33-12-21(29)25-17-10-18(30-3)16(24)9-19(17)31-4/h5-11,13H,12H2,1-4H3,(H,25,29). The smallest absolute Gasteiger partial charge is 0.234 e. The van der Waals surface area contributed by atoms with Gasteiger partial charge in [0.2, 0.25) is 5.91 Å². The lowest BCUT2D eigenvalue weighted by Gasteiger charge is -2.14. The Kier molecular flexibility index (Phi) is 7.11. The predicted octanol–water partition coefficient (Wildman–Crippen LogP) is 6.14. The van der Waals surface area contributed by atoms with Crippen LogP contribution in [-0.4, -0.2) is 40.6 Å². The summed E-state index contributed by atoms with van der Waals surface area (Å²) >= 11 is 9.16. The number of nitrogens with zero attached hydrogens (tertiary/aromatic N) is 3. The Labute approximate surface area is 205 Å². The van der Waals surface area contributed by atoms with Gasteiger partial charge in [-0.1, -0.05) is 41.6 Å². The van der Waals surface area contributed by atoms with E-state index in [-0.39, 0.29) is 17.7 Å². The van der Waals surface area contributed by atoms with Crippen LogP contribution in [-0.2, 0) is 4.79 Å². The number of carbonyl (C=O) groups excluding carboxylic acids is 1. The van der Waals surface area contributed by atoms with E-state index in [9.17, 15) is 4.79 Å². The summed E-state index contributed by atoms with van der Waals surface area (Å²) < 4.78 is 13.8. The van der Waals surface area contributed by atoms with Gasteiger partial charge in [0.1, 0.15) is 11.5 Å². The van der Waals surface area contributed by atoms with Crippen molar-refractivity contribution < 1.29 is 14.3 Å². The highest BCUT2D eigenvalue weighted by Crippen LogP contribution is 2.37. The molecule has 7 nitrogen and oxygen atoms in total. The third-order valence-corrected chi connectivity index (χ3v) is 7.19. The summed E-state index contributed by atoms with van der Waals surface area (Å²) in [5, 5.41) is 16.1. The maximum Gasteiger partial charge on any atom is 0.234 e. The zero-order chi connectivity index (χ0) is 23.5. The molecule has 0 atom stereocenters. The molecular formula is C23H23ClN4O3S2. The van der Waals surface area contributed by atoms with Crippen LogP contribution >= 0.6 is 34.7 Å². The molecule has 0 unspecified atom stereocenters. The number of benzene rings is 2. The van der Waals surface area contributed by atoms with Crippen LogP contribution in [0.5, 0.6) is 11.5 Å². The molecule has 2 aromatic carbocycles. The van der Waals surface area contributed by atoms with Crippen LogP contribution in [0.4, 0.5) is 5.69 Å². The largest absolute Gasteiger partial charge is 0.495 e. The van der Waals surface area contributed by atoms with Gasteiger partial charge in [-0.05, 0) is 19.9 Å². The van der Waals surface area contributed by atoms with Crippen LogP contribution in [0, 0.1) is 0 Å². The lowest BCUT2D eigenvalue weighted by atomic mass is 10.1. The van der Waals surface area contributed by atoms with Gasteiger partial charge < -0.3 is 14.8 Å². The van der Waals surface area contributed by atoms with Crippen molar-refractivity contribution >= 4 is 56.4 Å². The summed E-state index contributed by atoms with van der Waals surface area (Å²) in [6, 6.07) is 11.6. The highest BCUT2D eigenvalue weighted by atomic mass is 35.5. The van der Waals surface area contributed by atoms with Gasteiger partial charge in [0.25, 0.3) is 0 Å². The molecule has 10 heteroatoms. The van der Waals surface area contributed by atoms with Gasteiger partial charge in [0.05, 0.1) is 30.7 Å². The van der Waals surface area contributed by atoms with Crippen LogP contribution in [0.15, 0.2) is 46.9 Å². The number of aromatic nitrogens is 3. The van der Waals surface area contributed by atoms with E-state index in [1.807, 2.05) is 12.1 Å². The molecule has 4 aromatic rings. The number of ether oxygens (including phenoxy) is 2. The number of thioether (sulfide) groups is 1. The van der Waals surface area contributed by atoms with E-state index in [1.165, 1.54) is 30.7 Å². The van der Waals surface area contributed by atoms with Crippen LogP contribution in [0.1, 0.15) is 19.9 Å². The number of nitrogens with one attached hydrogen (secondary N) is 1. The fourth-order valence-corrected chi connectivity index (χ4v) is 5.49. The molecule has 172 valence electrons. The molecule has 0 spiro atoms. The Morgan fingerprint density at radius 3 is 2.67 bits per heavy atom. The lowest BCUT2D eigenvalue weighted by molar-refractivity contribution is -0.113. The number of hydrogen-bond donors (Lipinski definition) is 1. The Bertz CT molecular complexity index is 1300. The second kappa shape index (κ2) is 10.0. The maximum atomic E-state index is 12.7.